The van der Waals surface area contributed by atoms with E-state index in [1.54, 1.807) is 6.08 Å². The molecule has 0 saturated carbocycles. The molecule has 3 N–H and O–H groups in total. The normalized spacial score (nSPS) is 13.1. The highest BCUT2D eigenvalue weighted by Crippen LogP contribution is 2.18. The number of unbranched alkanes of at least 4 members (excludes halogenated alkanes) is 43. The van der Waals surface area contributed by atoms with Gasteiger partial charge in [0.05, 0.1) is 18.8 Å². The van der Waals surface area contributed by atoms with Crippen molar-refractivity contribution in [2.24, 2.45) is 0 Å². The van der Waals surface area contributed by atoms with Crippen LogP contribution in [0.1, 0.15) is 335 Å². The number of amides is 1. The van der Waals surface area contributed by atoms with Crippen molar-refractivity contribution in [2.75, 3.05) is 6.61 Å². The van der Waals surface area contributed by atoms with Crippen molar-refractivity contribution in [3.63, 3.8) is 0 Å². The lowest BCUT2D eigenvalue weighted by Gasteiger charge is -2.19. The second-order valence-electron chi connectivity index (χ2n) is 21.5. The number of allylic oxidation sites excluding steroid dienone is 9. The summed E-state index contributed by atoms with van der Waals surface area (Å²) >= 11 is 0. The van der Waals surface area contributed by atoms with E-state index < -0.39 is 12.1 Å². The van der Waals surface area contributed by atoms with E-state index in [-0.39, 0.29) is 12.5 Å². The molecule has 0 bridgehead atoms. The van der Waals surface area contributed by atoms with Gasteiger partial charge in [0.1, 0.15) is 0 Å². The third kappa shape index (κ3) is 57.0. The minimum absolute atomic E-state index is 0.0730. The van der Waals surface area contributed by atoms with Crippen LogP contribution in [0.25, 0.3) is 0 Å². The fourth-order valence-electron chi connectivity index (χ4n) is 9.66. The van der Waals surface area contributed by atoms with Gasteiger partial charge in [-0.25, -0.2) is 0 Å². The number of hydrogen-bond acceptors (Lipinski definition) is 3. The van der Waals surface area contributed by atoms with E-state index in [0.717, 1.165) is 44.9 Å². The van der Waals surface area contributed by atoms with E-state index in [0.29, 0.717) is 6.42 Å². The van der Waals surface area contributed by atoms with Crippen LogP contribution >= 0.6 is 0 Å². The molecule has 0 aromatic heterocycles. The smallest absolute Gasteiger partial charge is 0.220 e. The molecule has 0 radical (unpaired) electrons. The third-order valence-electron chi connectivity index (χ3n) is 14.5. The molecule has 0 heterocycles. The summed E-state index contributed by atoms with van der Waals surface area (Å²) in [5.74, 6) is -0.0730. The molecule has 2 unspecified atom stereocenters. The van der Waals surface area contributed by atoms with Crippen molar-refractivity contribution in [2.45, 2.75) is 347 Å². The molecule has 0 aliphatic heterocycles. The van der Waals surface area contributed by atoms with Gasteiger partial charge in [0.2, 0.25) is 5.91 Å². The molecule has 70 heavy (non-hydrogen) atoms. The second-order valence-corrected chi connectivity index (χ2v) is 21.5. The van der Waals surface area contributed by atoms with Crippen LogP contribution in [-0.2, 0) is 4.79 Å². The van der Waals surface area contributed by atoms with Crippen LogP contribution in [0.3, 0.4) is 0 Å². The van der Waals surface area contributed by atoms with E-state index in [1.807, 2.05) is 6.08 Å². The lowest BCUT2D eigenvalue weighted by atomic mass is 10.0. The van der Waals surface area contributed by atoms with Gasteiger partial charge in [-0.15, -0.1) is 0 Å². The first kappa shape index (κ1) is 68.1. The van der Waals surface area contributed by atoms with E-state index in [4.69, 9.17) is 0 Å². The number of hydrogen-bond donors (Lipinski definition) is 3. The molecule has 0 aliphatic carbocycles. The Hall–Kier alpha value is -1.91. The predicted molar refractivity (Wildman–Crippen MR) is 313 cm³/mol. The Balaban J connectivity index is 3.44. The van der Waals surface area contributed by atoms with Crippen LogP contribution in [0.5, 0.6) is 0 Å². The minimum Gasteiger partial charge on any atom is -0.394 e. The number of aliphatic hydroxyl groups is 2. The highest BCUT2D eigenvalue weighted by Gasteiger charge is 2.18. The van der Waals surface area contributed by atoms with Crippen LogP contribution in [0, 0.1) is 0 Å². The largest absolute Gasteiger partial charge is 0.394 e. The summed E-state index contributed by atoms with van der Waals surface area (Å²) < 4.78 is 0. The molecule has 410 valence electrons. The Morgan fingerprint density at radius 3 is 0.914 bits per heavy atom. The SMILES string of the molecule is CCCCCCC/C=C\C/C=C\CCCCCCCCCCCCCCCCCCCCCCCCCCCCCC(=O)NC(CO)C(O)/C=C/CC/C=C/CC/C=C/CCCCCCCCCCC. The molecule has 0 aromatic rings. The number of carbonyl (C=O) groups is 1. The standard InChI is InChI=1S/C66H123NO3/c1-3-5-7-9-11-13-15-17-19-21-23-24-25-26-27-28-29-30-31-32-33-34-35-36-37-38-39-40-41-42-44-46-48-50-52-54-56-58-60-62-66(70)67-64(63-68)65(69)61-59-57-55-53-51-49-47-45-43-22-20-18-16-14-12-10-8-6-4-2/h15,17,21,23,43,45,51,53,59,61,64-65,68-69H,3-14,16,18-20,22,24-42,44,46-50,52,54-58,60,62-63H2,1-2H3,(H,67,70)/b17-15-,23-21-,45-43+,53-51+,61-59+. The molecule has 0 rings (SSSR count). The summed E-state index contributed by atoms with van der Waals surface area (Å²) in [5, 5.41) is 23.1. The average molecular weight is 979 g/mol. The quantitative estimate of drug-likeness (QED) is 0.0420. The van der Waals surface area contributed by atoms with Crippen LogP contribution in [0.15, 0.2) is 60.8 Å². The molecule has 0 fully saturated rings. The zero-order valence-electron chi connectivity index (χ0n) is 47.3. The topological polar surface area (TPSA) is 69.6 Å². The molecular formula is C66H123NO3. The molecule has 1 amide bonds. The Labute approximate surface area is 438 Å². The first-order chi connectivity index (χ1) is 34.7. The molecule has 4 nitrogen and oxygen atoms in total. The van der Waals surface area contributed by atoms with E-state index in [9.17, 15) is 15.0 Å². The van der Waals surface area contributed by atoms with Gasteiger partial charge in [0.25, 0.3) is 0 Å². The molecule has 4 heteroatoms. The Kier molecular flexibility index (Phi) is 59.7. The zero-order valence-corrected chi connectivity index (χ0v) is 47.3. The maximum Gasteiger partial charge on any atom is 0.220 e. The maximum absolute atomic E-state index is 12.5. The third-order valence-corrected chi connectivity index (χ3v) is 14.5. The average Bonchev–Trinajstić information content (AvgIpc) is 3.36. The van der Waals surface area contributed by atoms with Crippen LogP contribution in [0.4, 0.5) is 0 Å². The fourth-order valence-corrected chi connectivity index (χ4v) is 9.66. The summed E-state index contributed by atoms with van der Waals surface area (Å²) in [5.41, 5.74) is 0. The van der Waals surface area contributed by atoms with Crippen molar-refractivity contribution in [1.29, 1.82) is 0 Å². The van der Waals surface area contributed by atoms with Gasteiger partial charge in [-0.2, -0.15) is 0 Å². The van der Waals surface area contributed by atoms with Crippen LogP contribution in [0.2, 0.25) is 0 Å². The number of carbonyl (C=O) groups excluding carboxylic acids is 1. The second kappa shape index (κ2) is 61.4. The van der Waals surface area contributed by atoms with Gasteiger partial charge in [0, 0.05) is 6.42 Å². The summed E-state index contributed by atoms with van der Waals surface area (Å²) in [6.07, 6.45) is 87.1. The highest BCUT2D eigenvalue weighted by molar-refractivity contribution is 5.76. The summed E-state index contributed by atoms with van der Waals surface area (Å²) in [4.78, 5) is 12.5. The van der Waals surface area contributed by atoms with Crippen LogP contribution in [-0.4, -0.2) is 34.9 Å². The molecule has 0 saturated heterocycles. The van der Waals surface area contributed by atoms with Crippen LogP contribution < -0.4 is 5.32 Å². The molecular weight excluding hydrogens is 855 g/mol. The van der Waals surface area contributed by atoms with Crippen molar-refractivity contribution >= 4 is 5.91 Å². The number of rotatable bonds is 58. The van der Waals surface area contributed by atoms with Gasteiger partial charge in [-0.05, 0) is 77.0 Å². The Morgan fingerprint density at radius 1 is 0.343 bits per heavy atom. The molecule has 2 atom stereocenters. The van der Waals surface area contributed by atoms with Gasteiger partial charge < -0.3 is 15.5 Å². The summed E-state index contributed by atoms with van der Waals surface area (Å²) in [7, 11) is 0. The van der Waals surface area contributed by atoms with E-state index in [1.165, 1.54) is 270 Å². The van der Waals surface area contributed by atoms with Crippen molar-refractivity contribution in [3.05, 3.63) is 60.8 Å². The highest BCUT2D eigenvalue weighted by atomic mass is 16.3. The number of aliphatic hydroxyl groups excluding tert-OH is 2. The zero-order chi connectivity index (χ0) is 50.6. The Morgan fingerprint density at radius 2 is 0.600 bits per heavy atom. The van der Waals surface area contributed by atoms with Gasteiger partial charge >= 0.3 is 0 Å². The van der Waals surface area contributed by atoms with Gasteiger partial charge in [-0.3, -0.25) is 4.79 Å². The lowest BCUT2D eigenvalue weighted by molar-refractivity contribution is -0.123. The molecule has 0 aromatic carbocycles. The van der Waals surface area contributed by atoms with Crippen molar-refractivity contribution < 1.29 is 15.0 Å². The van der Waals surface area contributed by atoms with Crippen molar-refractivity contribution in [3.8, 4) is 0 Å². The van der Waals surface area contributed by atoms with E-state index in [2.05, 4.69) is 67.8 Å². The minimum atomic E-state index is -0.871. The lowest BCUT2D eigenvalue weighted by Crippen LogP contribution is -2.45. The first-order valence-corrected chi connectivity index (χ1v) is 31.5. The fraction of sp³-hybridized carbons (Fsp3) is 0.833. The predicted octanol–water partition coefficient (Wildman–Crippen LogP) is 21.2. The molecule has 0 spiro atoms. The van der Waals surface area contributed by atoms with Gasteiger partial charge in [-0.1, -0.05) is 312 Å². The number of nitrogens with one attached hydrogen (secondary N) is 1. The molecule has 0 aliphatic rings. The van der Waals surface area contributed by atoms with E-state index >= 15 is 0 Å². The first-order valence-electron chi connectivity index (χ1n) is 31.5. The Bertz CT molecular complexity index is 1150. The maximum atomic E-state index is 12.5. The summed E-state index contributed by atoms with van der Waals surface area (Å²) in [6.45, 7) is 4.30. The van der Waals surface area contributed by atoms with Crippen molar-refractivity contribution in [1.82, 2.24) is 5.32 Å². The monoisotopic (exact) mass is 978 g/mol. The summed E-state index contributed by atoms with van der Waals surface area (Å²) in [6, 6.07) is -0.646. The van der Waals surface area contributed by atoms with Gasteiger partial charge in [0.15, 0.2) is 0 Å².